The minimum atomic E-state index is -0.831. The minimum Gasteiger partial charge on any atom is -0.383 e. The number of hydrogen-bond donors (Lipinski definition) is 2. The van der Waals surface area contributed by atoms with Gasteiger partial charge in [-0.25, -0.2) is 4.39 Å². The van der Waals surface area contributed by atoms with Crippen LogP contribution in [0.3, 0.4) is 0 Å². The highest BCUT2D eigenvalue weighted by atomic mass is 79.9. The highest BCUT2D eigenvalue weighted by Gasteiger charge is 2.25. The van der Waals surface area contributed by atoms with Gasteiger partial charge in [0.05, 0.1) is 22.6 Å². The van der Waals surface area contributed by atoms with Crippen molar-refractivity contribution in [2.24, 2.45) is 0 Å². The fourth-order valence-electron chi connectivity index (χ4n) is 2.68. The van der Waals surface area contributed by atoms with Gasteiger partial charge in [0.15, 0.2) is 0 Å². The highest BCUT2D eigenvalue weighted by molar-refractivity contribution is 9.10. The van der Waals surface area contributed by atoms with Crippen LogP contribution in [0.4, 0.5) is 15.8 Å². The first-order chi connectivity index (χ1) is 11.5. The van der Waals surface area contributed by atoms with E-state index in [0.29, 0.717) is 13.0 Å². The van der Waals surface area contributed by atoms with E-state index in [2.05, 4.69) is 26.6 Å². The second-order valence-corrected chi connectivity index (χ2v) is 6.25. The van der Waals surface area contributed by atoms with Gasteiger partial charge in [-0.3, -0.25) is 14.9 Å². The molecule has 0 fully saturated rings. The molecule has 8 heteroatoms. The summed E-state index contributed by atoms with van der Waals surface area (Å²) in [7, 11) is 0. The number of nitro benzene ring substituents is 1. The van der Waals surface area contributed by atoms with Crippen molar-refractivity contribution in [3.63, 3.8) is 0 Å². The number of rotatable bonds is 3. The summed E-state index contributed by atoms with van der Waals surface area (Å²) in [6.07, 6.45) is 0.629. The fourth-order valence-corrected chi connectivity index (χ4v) is 3.23. The summed E-state index contributed by atoms with van der Waals surface area (Å²) < 4.78 is 13.6. The molecule has 0 saturated carbocycles. The van der Waals surface area contributed by atoms with Crippen molar-refractivity contribution >= 4 is 33.2 Å². The lowest BCUT2D eigenvalue weighted by molar-refractivity contribution is -0.385. The first kappa shape index (κ1) is 16.4. The van der Waals surface area contributed by atoms with E-state index in [1.807, 2.05) is 24.3 Å². The Bertz CT molecular complexity index is 828. The predicted octanol–water partition coefficient (Wildman–Crippen LogP) is 3.26. The van der Waals surface area contributed by atoms with Crippen molar-refractivity contribution in [3.8, 4) is 0 Å². The van der Waals surface area contributed by atoms with E-state index < -0.39 is 22.3 Å². The van der Waals surface area contributed by atoms with Crippen LogP contribution in [0.5, 0.6) is 0 Å². The third-order valence-electron chi connectivity index (χ3n) is 3.82. The Balaban J connectivity index is 1.80. The Hall–Kier alpha value is -2.48. The zero-order valence-corrected chi connectivity index (χ0v) is 14.0. The first-order valence-corrected chi connectivity index (χ1v) is 8.01. The van der Waals surface area contributed by atoms with Crippen molar-refractivity contribution in [2.45, 2.75) is 12.5 Å². The molecule has 1 aliphatic heterocycles. The van der Waals surface area contributed by atoms with Crippen LogP contribution in [-0.4, -0.2) is 23.4 Å². The van der Waals surface area contributed by atoms with Crippen LogP contribution in [0.2, 0.25) is 0 Å². The van der Waals surface area contributed by atoms with Gasteiger partial charge in [-0.05, 0) is 40.0 Å². The topological polar surface area (TPSA) is 84.3 Å². The van der Waals surface area contributed by atoms with Crippen LogP contribution in [0, 0.1) is 15.9 Å². The van der Waals surface area contributed by atoms with Crippen molar-refractivity contribution in [1.82, 2.24) is 5.32 Å². The normalized spacial score (nSPS) is 16.0. The lowest BCUT2D eigenvalue weighted by Crippen LogP contribution is -2.43. The third-order valence-corrected chi connectivity index (χ3v) is 4.65. The molecule has 0 aliphatic carbocycles. The van der Waals surface area contributed by atoms with Crippen LogP contribution in [0.15, 0.2) is 40.9 Å². The summed E-state index contributed by atoms with van der Waals surface area (Å²) in [4.78, 5) is 22.6. The lowest BCUT2D eigenvalue weighted by Gasteiger charge is -2.27. The number of para-hydroxylation sites is 1. The molecule has 2 N–H and O–H groups in total. The molecule has 3 rings (SSSR count). The van der Waals surface area contributed by atoms with Crippen molar-refractivity contribution < 1.29 is 14.1 Å². The Morgan fingerprint density at radius 2 is 2.12 bits per heavy atom. The summed E-state index contributed by atoms with van der Waals surface area (Å²) in [5.74, 6) is -1.39. The summed E-state index contributed by atoms with van der Waals surface area (Å²) in [5, 5.41) is 16.9. The molecule has 1 aliphatic rings. The van der Waals surface area contributed by atoms with E-state index in [1.54, 1.807) is 0 Å². The van der Waals surface area contributed by atoms with Gasteiger partial charge in [0.2, 0.25) is 0 Å². The van der Waals surface area contributed by atoms with Crippen LogP contribution in [-0.2, 0) is 6.42 Å². The van der Waals surface area contributed by atoms with Gasteiger partial charge in [-0.2, -0.15) is 0 Å². The average molecular weight is 394 g/mol. The van der Waals surface area contributed by atoms with Gasteiger partial charge < -0.3 is 10.6 Å². The van der Waals surface area contributed by atoms with Crippen LogP contribution < -0.4 is 10.6 Å². The molecule has 1 unspecified atom stereocenters. The van der Waals surface area contributed by atoms with Gasteiger partial charge in [-0.15, -0.1) is 0 Å². The summed E-state index contributed by atoms with van der Waals surface area (Å²) in [5.41, 5.74) is 1.51. The molecule has 24 heavy (non-hydrogen) atoms. The molecule has 2 aromatic carbocycles. The van der Waals surface area contributed by atoms with Gasteiger partial charge in [-0.1, -0.05) is 18.2 Å². The number of carbonyl (C=O) groups excluding carboxylic acids is 1. The van der Waals surface area contributed by atoms with Crippen molar-refractivity contribution in [2.75, 3.05) is 11.9 Å². The van der Waals surface area contributed by atoms with E-state index in [1.165, 1.54) is 0 Å². The SMILES string of the molecule is O=C(NC1CNc2ccccc2C1)c1cc(F)cc([N+](=O)[O-])c1Br. The van der Waals surface area contributed by atoms with E-state index >= 15 is 0 Å². The number of halogens is 2. The zero-order valence-electron chi connectivity index (χ0n) is 12.4. The number of nitrogens with one attached hydrogen (secondary N) is 2. The van der Waals surface area contributed by atoms with Crippen LogP contribution in [0.25, 0.3) is 0 Å². The van der Waals surface area contributed by atoms with E-state index in [4.69, 9.17) is 0 Å². The Kier molecular flexibility index (Phi) is 4.48. The number of carbonyl (C=O) groups is 1. The second-order valence-electron chi connectivity index (χ2n) is 5.46. The number of hydrogen-bond acceptors (Lipinski definition) is 4. The van der Waals surface area contributed by atoms with E-state index in [0.717, 1.165) is 23.4 Å². The smallest absolute Gasteiger partial charge is 0.287 e. The number of benzene rings is 2. The van der Waals surface area contributed by atoms with Gasteiger partial charge in [0.25, 0.3) is 11.6 Å². The summed E-state index contributed by atoms with van der Waals surface area (Å²) in [6.45, 7) is 0.526. The number of amides is 1. The van der Waals surface area contributed by atoms with Crippen LogP contribution in [0.1, 0.15) is 15.9 Å². The molecule has 0 radical (unpaired) electrons. The van der Waals surface area contributed by atoms with Crippen molar-refractivity contribution in [1.29, 1.82) is 0 Å². The number of nitrogens with zero attached hydrogens (tertiary/aromatic N) is 1. The molecule has 2 aromatic rings. The number of fused-ring (bicyclic) bond motifs is 1. The predicted molar refractivity (Wildman–Crippen MR) is 90.6 cm³/mol. The molecule has 1 heterocycles. The van der Waals surface area contributed by atoms with E-state index in [-0.39, 0.29) is 16.1 Å². The third kappa shape index (κ3) is 3.23. The second kappa shape index (κ2) is 6.56. The molecular weight excluding hydrogens is 381 g/mol. The molecule has 124 valence electrons. The minimum absolute atomic E-state index is 0.0319. The quantitative estimate of drug-likeness (QED) is 0.618. The van der Waals surface area contributed by atoms with E-state index in [9.17, 15) is 19.3 Å². The maximum absolute atomic E-state index is 13.6. The molecule has 0 aromatic heterocycles. The average Bonchev–Trinajstić information content (AvgIpc) is 2.56. The lowest BCUT2D eigenvalue weighted by atomic mass is 9.99. The fraction of sp³-hybridized carbons (Fsp3) is 0.188. The molecule has 0 bridgehead atoms. The van der Waals surface area contributed by atoms with Gasteiger partial charge in [0, 0.05) is 12.2 Å². The molecular formula is C16H13BrFN3O3. The standard InChI is InChI=1S/C16H13BrFN3O3/c17-15-12(6-10(18)7-14(15)21(23)24)16(22)20-11-5-9-3-1-2-4-13(9)19-8-11/h1-4,6-7,11,19H,5,8H2,(H,20,22). The van der Waals surface area contributed by atoms with Crippen molar-refractivity contribution in [3.05, 3.63) is 67.9 Å². The van der Waals surface area contributed by atoms with Gasteiger partial charge in [0.1, 0.15) is 10.3 Å². The Labute approximate surface area is 145 Å². The number of anilines is 1. The molecule has 1 atom stereocenters. The first-order valence-electron chi connectivity index (χ1n) is 7.22. The Morgan fingerprint density at radius 3 is 2.88 bits per heavy atom. The van der Waals surface area contributed by atoms with Crippen LogP contribution >= 0.6 is 15.9 Å². The van der Waals surface area contributed by atoms with Gasteiger partial charge >= 0.3 is 0 Å². The Morgan fingerprint density at radius 1 is 1.38 bits per heavy atom. The largest absolute Gasteiger partial charge is 0.383 e. The maximum Gasteiger partial charge on any atom is 0.287 e. The number of nitro groups is 1. The monoisotopic (exact) mass is 393 g/mol. The molecule has 0 saturated heterocycles. The molecule has 1 amide bonds. The maximum atomic E-state index is 13.6. The zero-order chi connectivity index (χ0) is 17.3. The molecule has 6 nitrogen and oxygen atoms in total. The highest BCUT2D eigenvalue weighted by Crippen LogP contribution is 2.30. The summed E-state index contributed by atoms with van der Waals surface area (Å²) >= 11 is 3.02. The summed E-state index contributed by atoms with van der Waals surface area (Å²) in [6, 6.07) is 9.33. The molecule has 0 spiro atoms.